The number of amides is 1. The average molecular weight is 323 g/mol. The number of fused-ring (bicyclic) bond motifs is 1. The van der Waals surface area contributed by atoms with Crippen LogP contribution in [0.5, 0.6) is 0 Å². The number of hydrogen-bond acceptors (Lipinski definition) is 4. The van der Waals surface area contributed by atoms with Crippen LogP contribution in [0.3, 0.4) is 0 Å². The summed E-state index contributed by atoms with van der Waals surface area (Å²) in [5.41, 5.74) is 1.42. The second kappa shape index (κ2) is 6.31. The molecule has 3 rings (SSSR count). The molecule has 0 atom stereocenters. The van der Waals surface area contributed by atoms with Gasteiger partial charge in [-0.1, -0.05) is 18.2 Å². The summed E-state index contributed by atoms with van der Waals surface area (Å²) in [6.07, 6.45) is 1.77. The third-order valence-electron chi connectivity index (χ3n) is 3.99. The highest BCUT2D eigenvalue weighted by Gasteiger charge is 2.26. The predicted molar refractivity (Wildman–Crippen MR) is 95.2 cm³/mol. The Morgan fingerprint density at radius 3 is 2.75 bits per heavy atom. The molecule has 3 aromatic rings. The highest BCUT2D eigenvalue weighted by molar-refractivity contribution is 5.82. The van der Waals surface area contributed by atoms with E-state index < -0.39 is 5.41 Å². The minimum Gasteiger partial charge on any atom is -0.369 e. The first-order valence-corrected chi connectivity index (χ1v) is 7.87. The molecule has 2 aromatic heterocycles. The second-order valence-electron chi connectivity index (χ2n) is 6.30. The van der Waals surface area contributed by atoms with Crippen molar-refractivity contribution in [2.45, 2.75) is 13.8 Å². The fourth-order valence-corrected chi connectivity index (χ4v) is 2.53. The highest BCUT2D eigenvalue weighted by atomic mass is 16.2. The zero-order chi connectivity index (χ0) is 17.2. The van der Waals surface area contributed by atoms with Crippen LogP contribution in [0, 0.1) is 5.41 Å². The average Bonchev–Trinajstić information content (AvgIpc) is 3.03. The second-order valence-corrected chi connectivity index (χ2v) is 6.30. The Hall–Kier alpha value is -2.89. The zero-order valence-corrected chi connectivity index (χ0v) is 14.1. The minimum absolute atomic E-state index is 0.00763. The molecule has 1 aromatic carbocycles. The molecule has 0 aliphatic carbocycles. The van der Waals surface area contributed by atoms with E-state index >= 15 is 0 Å². The van der Waals surface area contributed by atoms with Gasteiger partial charge < -0.3 is 10.6 Å². The van der Waals surface area contributed by atoms with Crippen LogP contribution < -0.4 is 10.6 Å². The first-order valence-electron chi connectivity index (χ1n) is 7.87. The first kappa shape index (κ1) is 16.0. The van der Waals surface area contributed by atoms with E-state index in [0.717, 1.165) is 22.7 Å². The van der Waals surface area contributed by atoms with Crippen LogP contribution in [0.25, 0.3) is 16.9 Å². The lowest BCUT2D eigenvalue weighted by Crippen LogP contribution is -2.39. The van der Waals surface area contributed by atoms with E-state index in [1.807, 2.05) is 60.9 Å². The van der Waals surface area contributed by atoms with Crippen molar-refractivity contribution in [3.05, 3.63) is 48.8 Å². The van der Waals surface area contributed by atoms with E-state index in [4.69, 9.17) is 0 Å². The van der Waals surface area contributed by atoms with Crippen molar-refractivity contribution in [2.75, 3.05) is 18.9 Å². The number of imidazole rings is 1. The molecule has 1 amide bonds. The lowest BCUT2D eigenvalue weighted by Gasteiger charge is -2.23. The van der Waals surface area contributed by atoms with E-state index in [-0.39, 0.29) is 5.91 Å². The molecular weight excluding hydrogens is 302 g/mol. The van der Waals surface area contributed by atoms with E-state index in [0.29, 0.717) is 6.54 Å². The van der Waals surface area contributed by atoms with Crippen molar-refractivity contribution in [3.8, 4) is 5.82 Å². The number of carbonyl (C=O) groups excluding carboxylic acids is 1. The molecule has 0 spiro atoms. The molecule has 0 aliphatic heterocycles. The van der Waals surface area contributed by atoms with Gasteiger partial charge in [0.05, 0.1) is 16.4 Å². The van der Waals surface area contributed by atoms with Crippen molar-refractivity contribution in [3.63, 3.8) is 0 Å². The van der Waals surface area contributed by atoms with Gasteiger partial charge >= 0.3 is 0 Å². The number of rotatable bonds is 5. The quantitative estimate of drug-likeness (QED) is 0.757. The topological polar surface area (TPSA) is 71.8 Å². The van der Waals surface area contributed by atoms with Gasteiger partial charge in [0.25, 0.3) is 0 Å². The SMILES string of the molecule is CNC(=O)C(C)(C)CNc1cccc(-n2cnc3ccccc32)n1. The summed E-state index contributed by atoms with van der Waals surface area (Å²) in [4.78, 5) is 20.9. The number of hydrogen-bond donors (Lipinski definition) is 2. The third kappa shape index (κ3) is 3.08. The number of nitrogens with one attached hydrogen (secondary N) is 2. The number of benzene rings is 1. The van der Waals surface area contributed by atoms with Crippen LogP contribution in [0.15, 0.2) is 48.8 Å². The van der Waals surface area contributed by atoms with E-state index in [1.165, 1.54) is 0 Å². The van der Waals surface area contributed by atoms with Crippen molar-refractivity contribution in [2.24, 2.45) is 5.41 Å². The number of pyridine rings is 1. The van der Waals surface area contributed by atoms with Gasteiger partial charge in [-0.3, -0.25) is 9.36 Å². The molecule has 0 radical (unpaired) electrons. The van der Waals surface area contributed by atoms with Gasteiger partial charge in [-0.05, 0) is 38.1 Å². The van der Waals surface area contributed by atoms with Crippen molar-refractivity contribution < 1.29 is 4.79 Å². The van der Waals surface area contributed by atoms with E-state index in [9.17, 15) is 4.79 Å². The Kier molecular flexibility index (Phi) is 4.20. The Morgan fingerprint density at radius 1 is 1.17 bits per heavy atom. The molecular formula is C18H21N5O. The van der Waals surface area contributed by atoms with Gasteiger partial charge in [-0.2, -0.15) is 0 Å². The lowest BCUT2D eigenvalue weighted by molar-refractivity contribution is -0.128. The normalized spacial score (nSPS) is 11.5. The van der Waals surface area contributed by atoms with Gasteiger partial charge in [0.15, 0.2) is 0 Å². The molecule has 124 valence electrons. The van der Waals surface area contributed by atoms with E-state index in [2.05, 4.69) is 20.6 Å². The molecule has 0 unspecified atom stereocenters. The monoisotopic (exact) mass is 323 g/mol. The maximum Gasteiger partial charge on any atom is 0.227 e. The Morgan fingerprint density at radius 2 is 1.96 bits per heavy atom. The Labute approximate surface area is 140 Å². The van der Waals surface area contributed by atoms with Crippen LogP contribution in [0.4, 0.5) is 5.82 Å². The van der Waals surface area contributed by atoms with Crippen LogP contribution >= 0.6 is 0 Å². The summed E-state index contributed by atoms with van der Waals surface area (Å²) in [7, 11) is 1.65. The Balaban J connectivity index is 1.84. The van der Waals surface area contributed by atoms with Crippen LogP contribution in [0.2, 0.25) is 0 Å². The molecule has 0 aliphatic rings. The molecule has 2 N–H and O–H groups in total. The molecule has 0 saturated heterocycles. The fraction of sp³-hybridized carbons (Fsp3) is 0.278. The van der Waals surface area contributed by atoms with Gasteiger partial charge in [-0.25, -0.2) is 9.97 Å². The van der Waals surface area contributed by atoms with Gasteiger partial charge in [0, 0.05) is 13.6 Å². The van der Waals surface area contributed by atoms with E-state index in [1.54, 1.807) is 13.4 Å². The smallest absolute Gasteiger partial charge is 0.227 e. The zero-order valence-electron chi connectivity index (χ0n) is 14.1. The summed E-state index contributed by atoms with van der Waals surface area (Å²) >= 11 is 0. The van der Waals surface area contributed by atoms with Crippen LogP contribution in [-0.2, 0) is 4.79 Å². The van der Waals surface area contributed by atoms with Crippen molar-refractivity contribution in [1.82, 2.24) is 19.9 Å². The van der Waals surface area contributed by atoms with Crippen molar-refractivity contribution in [1.29, 1.82) is 0 Å². The molecule has 0 fully saturated rings. The van der Waals surface area contributed by atoms with Crippen LogP contribution in [0.1, 0.15) is 13.8 Å². The Bertz CT molecular complexity index is 868. The molecule has 0 bridgehead atoms. The fourth-order valence-electron chi connectivity index (χ4n) is 2.53. The van der Waals surface area contributed by atoms with Crippen LogP contribution in [-0.4, -0.2) is 34.0 Å². The molecule has 6 heteroatoms. The third-order valence-corrected chi connectivity index (χ3v) is 3.99. The van der Waals surface area contributed by atoms with Gasteiger partial charge in [-0.15, -0.1) is 0 Å². The largest absolute Gasteiger partial charge is 0.369 e. The first-order chi connectivity index (χ1) is 11.5. The molecule has 0 saturated carbocycles. The molecule has 2 heterocycles. The van der Waals surface area contributed by atoms with Gasteiger partial charge in [0.1, 0.15) is 18.0 Å². The number of carbonyl (C=O) groups is 1. The molecule has 24 heavy (non-hydrogen) atoms. The summed E-state index contributed by atoms with van der Waals surface area (Å²) in [5.74, 6) is 1.50. The van der Waals surface area contributed by atoms with Crippen molar-refractivity contribution >= 4 is 22.8 Å². The molecule has 6 nitrogen and oxygen atoms in total. The highest BCUT2D eigenvalue weighted by Crippen LogP contribution is 2.19. The summed E-state index contributed by atoms with van der Waals surface area (Å²) in [6, 6.07) is 13.7. The summed E-state index contributed by atoms with van der Waals surface area (Å²) in [6.45, 7) is 4.28. The lowest BCUT2D eigenvalue weighted by atomic mass is 9.92. The number of nitrogens with zero attached hydrogens (tertiary/aromatic N) is 3. The maximum atomic E-state index is 11.9. The number of aromatic nitrogens is 3. The van der Waals surface area contributed by atoms with Gasteiger partial charge in [0.2, 0.25) is 5.91 Å². The predicted octanol–water partition coefficient (Wildman–Crippen LogP) is 2.60. The standard InChI is InChI=1S/C18H21N5O/c1-18(2,17(24)19-3)11-20-15-9-6-10-16(22-15)23-12-21-13-7-4-5-8-14(13)23/h4-10,12H,11H2,1-3H3,(H,19,24)(H,20,22). The summed E-state index contributed by atoms with van der Waals surface area (Å²) < 4.78 is 1.95. The maximum absolute atomic E-state index is 11.9. The number of anilines is 1. The number of para-hydroxylation sites is 2. The minimum atomic E-state index is -0.520. The summed E-state index contributed by atoms with van der Waals surface area (Å²) in [5, 5.41) is 5.93.